The number of nitrogens with two attached hydrogens (primary N) is 1. The van der Waals surface area contributed by atoms with Gasteiger partial charge in [-0.2, -0.15) is 8.42 Å². The van der Waals surface area contributed by atoms with Crippen LogP contribution in [0.1, 0.15) is 12.0 Å². The number of piperidine rings is 1. The van der Waals surface area contributed by atoms with Gasteiger partial charge in [0.15, 0.2) is 0 Å². The SMILES string of the molecule is Cc1ccc(S(=O)(=O)OC2CCNCC2N)cc1. The average molecular weight is 270 g/mol. The Morgan fingerprint density at radius 3 is 2.61 bits per heavy atom. The molecule has 1 aromatic carbocycles. The van der Waals surface area contributed by atoms with Crippen LogP contribution in [-0.2, 0) is 14.3 Å². The number of hydrogen-bond acceptors (Lipinski definition) is 5. The Kier molecular flexibility index (Phi) is 4.01. The lowest BCUT2D eigenvalue weighted by molar-refractivity contribution is 0.147. The van der Waals surface area contributed by atoms with Gasteiger partial charge in [0.2, 0.25) is 0 Å². The highest BCUT2D eigenvalue weighted by Gasteiger charge is 2.28. The Morgan fingerprint density at radius 1 is 1.33 bits per heavy atom. The van der Waals surface area contributed by atoms with E-state index in [1.807, 2.05) is 6.92 Å². The van der Waals surface area contributed by atoms with E-state index in [2.05, 4.69) is 5.32 Å². The number of aryl methyl sites for hydroxylation is 1. The maximum Gasteiger partial charge on any atom is 0.297 e. The van der Waals surface area contributed by atoms with Gasteiger partial charge in [-0.3, -0.25) is 4.18 Å². The van der Waals surface area contributed by atoms with E-state index in [0.717, 1.165) is 12.1 Å². The highest BCUT2D eigenvalue weighted by molar-refractivity contribution is 7.86. The molecule has 0 bridgehead atoms. The largest absolute Gasteiger partial charge is 0.324 e. The molecule has 1 fully saturated rings. The monoisotopic (exact) mass is 270 g/mol. The Bertz CT molecular complexity index is 499. The van der Waals surface area contributed by atoms with Gasteiger partial charge in [0, 0.05) is 12.6 Å². The lowest BCUT2D eigenvalue weighted by atomic mass is 10.1. The molecule has 100 valence electrons. The number of hydrogen-bond donors (Lipinski definition) is 2. The van der Waals surface area contributed by atoms with Gasteiger partial charge in [0.1, 0.15) is 0 Å². The summed E-state index contributed by atoms with van der Waals surface area (Å²) >= 11 is 0. The summed E-state index contributed by atoms with van der Waals surface area (Å²) < 4.78 is 29.3. The number of nitrogens with one attached hydrogen (secondary N) is 1. The van der Waals surface area contributed by atoms with Crippen LogP contribution in [0, 0.1) is 6.92 Å². The average Bonchev–Trinajstić information content (AvgIpc) is 2.32. The van der Waals surface area contributed by atoms with Crippen molar-refractivity contribution < 1.29 is 12.6 Å². The van der Waals surface area contributed by atoms with E-state index in [4.69, 9.17) is 9.92 Å². The second kappa shape index (κ2) is 5.36. The third-order valence-electron chi connectivity index (χ3n) is 3.02. The first kappa shape index (κ1) is 13.5. The Hall–Kier alpha value is -0.950. The van der Waals surface area contributed by atoms with E-state index >= 15 is 0 Å². The Morgan fingerprint density at radius 2 is 2.00 bits per heavy atom. The van der Waals surface area contributed by atoms with Crippen molar-refractivity contribution in [1.82, 2.24) is 5.32 Å². The van der Waals surface area contributed by atoms with Crippen molar-refractivity contribution in [3.8, 4) is 0 Å². The van der Waals surface area contributed by atoms with Crippen molar-refractivity contribution in [3.63, 3.8) is 0 Å². The van der Waals surface area contributed by atoms with Crippen molar-refractivity contribution in [1.29, 1.82) is 0 Å². The molecule has 0 spiro atoms. The zero-order chi connectivity index (χ0) is 13.2. The van der Waals surface area contributed by atoms with Crippen LogP contribution in [0.3, 0.4) is 0 Å². The fourth-order valence-corrected chi connectivity index (χ4v) is 3.05. The highest BCUT2D eigenvalue weighted by atomic mass is 32.2. The third-order valence-corrected chi connectivity index (χ3v) is 4.37. The van der Waals surface area contributed by atoms with E-state index in [1.54, 1.807) is 24.3 Å². The maximum atomic E-state index is 12.1. The summed E-state index contributed by atoms with van der Waals surface area (Å²) in [4.78, 5) is 0.179. The Balaban J connectivity index is 2.13. The quantitative estimate of drug-likeness (QED) is 0.777. The van der Waals surface area contributed by atoms with Crippen LogP contribution in [0.15, 0.2) is 29.2 Å². The van der Waals surface area contributed by atoms with Crippen molar-refractivity contribution in [2.24, 2.45) is 5.73 Å². The van der Waals surface area contributed by atoms with E-state index in [0.29, 0.717) is 13.0 Å². The predicted molar refractivity (Wildman–Crippen MR) is 68.7 cm³/mol. The smallest absolute Gasteiger partial charge is 0.297 e. The van der Waals surface area contributed by atoms with Crippen LogP contribution >= 0.6 is 0 Å². The van der Waals surface area contributed by atoms with E-state index < -0.39 is 16.2 Å². The number of rotatable bonds is 3. The molecule has 6 heteroatoms. The van der Waals surface area contributed by atoms with Crippen LogP contribution in [0.2, 0.25) is 0 Å². The summed E-state index contributed by atoms with van der Waals surface area (Å²) in [6, 6.07) is 6.31. The molecule has 1 aliphatic rings. The molecule has 5 nitrogen and oxygen atoms in total. The first-order valence-corrected chi connectivity index (χ1v) is 7.36. The Labute approximate surface area is 107 Å². The molecule has 0 aromatic heterocycles. The van der Waals surface area contributed by atoms with Gasteiger partial charge in [-0.25, -0.2) is 0 Å². The van der Waals surface area contributed by atoms with Crippen LogP contribution in [0.5, 0.6) is 0 Å². The van der Waals surface area contributed by atoms with Crippen LogP contribution < -0.4 is 11.1 Å². The van der Waals surface area contributed by atoms with Crippen molar-refractivity contribution in [2.45, 2.75) is 30.4 Å². The summed E-state index contributed by atoms with van der Waals surface area (Å²) in [5.74, 6) is 0. The van der Waals surface area contributed by atoms with Gasteiger partial charge in [-0.15, -0.1) is 0 Å². The predicted octanol–water partition coefficient (Wildman–Crippen LogP) is 0.390. The van der Waals surface area contributed by atoms with Gasteiger partial charge < -0.3 is 11.1 Å². The van der Waals surface area contributed by atoms with Gasteiger partial charge in [-0.05, 0) is 32.0 Å². The molecule has 2 atom stereocenters. The molecule has 18 heavy (non-hydrogen) atoms. The van der Waals surface area contributed by atoms with Gasteiger partial charge in [0.25, 0.3) is 10.1 Å². The summed E-state index contributed by atoms with van der Waals surface area (Å²) in [7, 11) is -3.72. The summed E-state index contributed by atoms with van der Waals surface area (Å²) in [5, 5.41) is 3.10. The third kappa shape index (κ3) is 3.08. The number of benzene rings is 1. The topological polar surface area (TPSA) is 81.4 Å². The van der Waals surface area contributed by atoms with E-state index in [-0.39, 0.29) is 10.9 Å². The molecule has 1 saturated heterocycles. The molecule has 1 aliphatic heterocycles. The molecule has 1 aromatic rings. The first-order chi connectivity index (χ1) is 8.49. The zero-order valence-electron chi connectivity index (χ0n) is 10.3. The standard InChI is InChI=1S/C12H18N2O3S/c1-9-2-4-10(5-3-9)18(15,16)17-12-6-7-14-8-11(12)13/h2-5,11-12,14H,6-8,13H2,1H3. The molecule has 1 heterocycles. The van der Waals surface area contributed by atoms with Crippen LogP contribution in [-0.4, -0.2) is 33.7 Å². The molecule has 3 N–H and O–H groups in total. The van der Waals surface area contributed by atoms with Crippen molar-refractivity contribution in [2.75, 3.05) is 13.1 Å². The lowest BCUT2D eigenvalue weighted by Gasteiger charge is -2.28. The molecule has 0 saturated carbocycles. The lowest BCUT2D eigenvalue weighted by Crippen LogP contribution is -2.50. The molecular weight excluding hydrogens is 252 g/mol. The van der Waals surface area contributed by atoms with Gasteiger partial charge in [-0.1, -0.05) is 17.7 Å². The highest BCUT2D eigenvalue weighted by Crippen LogP contribution is 2.18. The molecule has 0 radical (unpaired) electrons. The van der Waals surface area contributed by atoms with Crippen molar-refractivity contribution >= 4 is 10.1 Å². The summed E-state index contributed by atoms with van der Waals surface area (Å²) in [5.41, 5.74) is 6.84. The molecular formula is C12H18N2O3S. The summed E-state index contributed by atoms with van der Waals surface area (Å²) in [6.07, 6.45) is 0.157. The minimum absolute atomic E-state index is 0.179. The minimum Gasteiger partial charge on any atom is -0.324 e. The molecule has 2 unspecified atom stereocenters. The van der Waals surface area contributed by atoms with Crippen LogP contribution in [0.25, 0.3) is 0 Å². The fourth-order valence-electron chi connectivity index (χ4n) is 1.90. The zero-order valence-corrected chi connectivity index (χ0v) is 11.1. The minimum atomic E-state index is -3.72. The van der Waals surface area contributed by atoms with E-state index in [9.17, 15) is 8.42 Å². The van der Waals surface area contributed by atoms with Gasteiger partial charge >= 0.3 is 0 Å². The summed E-state index contributed by atoms with van der Waals surface area (Å²) in [6.45, 7) is 3.20. The molecule has 0 amide bonds. The van der Waals surface area contributed by atoms with Crippen LogP contribution in [0.4, 0.5) is 0 Å². The molecule has 2 rings (SSSR count). The first-order valence-electron chi connectivity index (χ1n) is 5.95. The fraction of sp³-hybridized carbons (Fsp3) is 0.500. The van der Waals surface area contributed by atoms with E-state index in [1.165, 1.54) is 0 Å². The second-order valence-corrected chi connectivity index (χ2v) is 6.13. The van der Waals surface area contributed by atoms with Gasteiger partial charge in [0.05, 0.1) is 11.0 Å². The van der Waals surface area contributed by atoms with Crippen molar-refractivity contribution in [3.05, 3.63) is 29.8 Å². The molecule has 0 aliphatic carbocycles. The normalized spacial score (nSPS) is 25.0. The second-order valence-electron chi connectivity index (χ2n) is 4.56. The maximum absolute atomic E-state index is 12.1.